The van der Waals surface area contributed by atoms with Crippen LogP contribution in [0.1, 0.15) is 0 Å². The van der Waals surface area contributed by atoms with Crippen LogP contribution in [0.25, 0.3) is 0 Å². The molecule has 0 aromatic carbocycles. The zero-order chi connectivity index (χ0) is 6.41. The van der Waals surface area contributed by atoms with E-state index in [1.54, 1.807) is 0 Å². The van der Waals surface area contributed by atoms with Gasteiger partial charge in [-0.15, -0.1) is 12.4 Å². The Morgan fingerprint density at radius 1 is 1.78 bits per heavy atom. The summed E-state index contributed by atoms with van der Waals surface area (Å²) < 4.78 is 16.5. The summed E-state index contributed by atoms with van der Waals surface area (Å²) in [6.45, 7) is 0.256. The van der Waals surface area contributed by atoms with E-state index in [2.05, 4.69) is 4.74 Å². The molecule has 2 nitrogen and oxygen atoms in total. The average molecular weight is 156 g/mol. The van der Waals surface area contributed by atoms with E-state index >= 15 is 0 Å². The lowest BCUT2D eigenvalue weighted by Gasteiger charge is -1.91. The topological polar surface area (TPSA) is 35.2 Å². The summed E-state index contributed by atoms with van der Waals surface area (Å²) in [5.41, 5.74) is 4.99. The predicted octanol–water partition coefficient (Wildman–Crippen LogP) is 0.867. The van der Waals surface area contributed by atoms with Gasteiger partial charge in [-0.25, -0.2) is 4.39 Å². The molecule has 0 spiro atoms. The minimum absolute atomic E-state index is 0. The number of methoxy groups -OCH3 is 1. The Morgan fingerprint density at radius 2 is 2.33 bits per heavy atom. The van der Waals surface area contributed by atoms with Gasteiger partial charge in [-0.3, -0.25) is 0 Å². The Bertz CT molecular complexity index is 87.0. The van der Waals surface area contributed by atoms with Gasteiger partial charge in [-0.05, 0) is 6.08 Å². The summed E-state index contributed by atoms with van der Waals surface area (Å²) in [7, 11) is 1.43. The second-order valence-corrected chi connectivity index (χ2v) is 1.32. The van der Waals surface area contributed by atoms with Crippen molar-refractivity contribution in [2.75, 3.05) is 20.3 Å². The molecular formula is C5H11ClFNO. The quantitative estimate of drug-likeness (QED) is 0.657. The molecule has 0 aromatic rings. The lowest BCUT2D eigenvalue weighted by atomic mass is 10.5. The highest BCUT2D eigenvalue weighted by atomic mass is 35.5. The first-order valence-electron chi connectivity index (χ1n) is 2.34. The van der Waals surface area contributed by atoms with E-state index in [1.807, 2.05) is 0 Å². The lowest BCUT2D eigenvalue weighted by Crippen LogP contribution is -1.96. The molecule has 56 valence electrons. The standard InChI is InChI=1S/C5H10FNO.ClH/c1-8-4-5(6)2-3-7;/h2H,3-4,7H2,1H3;1H/b5-2+;. The van der Waals surface area contributed by atoms with E-state index in [0.29, 0.717) is 0 Å². The largest absolute Gasteiger partial charge is 0.378 e. The van der Waals surface area contributed by atoms with Gasteiger partial charge in [0, 0.05) is 13.7 Å². The summed E-state index contributed by atoms with van der Waals surface area (Å²) in [6, 6.07) is 0. The van der Waals surface area contributed by atoms with Crippen LogP contribution in [-0.2, 0) is 4.74 Å². The first-order valence-corrected chi connectivity index (χ1v) is 2.34. The van der Waals surface area contributed by atoms with E-state index in [-0.39, 0.29) is 31.4 Å². The van der Waals surface area contributed by atoms with Crippen LogP contribution in [-0.4, -0.2) is 20.3 Å². The maximum Gasteiger partial charge on any atom is 0.123 e. The maximum atomic E-state index is 12.1. The van der Waals surface area contributed by atoms with Crippen LogP contribution in [0.5, 0.6) is 0 Å². The van der Waals surface area contributed by atoms with Gasteiger partial charge in [0.05, 0.1) is 6.61 Å². The van der Waals surface area contributed by atoms with E-state index in [0.717, 1.165) is 0 Å². The van der Waals surface area contributed by atoms with Crippen LogP contribution in [0.4, 0.5) is 4.39 Å². The molecule has 0 heterocycles. The van der Waals surface area contributed by atoms with Crippen LogP contribution in [0.15, 0.2) is 11.9 Å². The smallest absolute Gasteiger partial charge is 0.123 e. The maximum absolute atomic E-state index is 12.1. The number of rotatable bonds is 3. The number of ether oxygens (including phenoxy) is 1. The fourth-order valence-corrected chi connectivity index (χ4v) is 0.325. The van der Waals surface area contributed by atoms with E-state index < -0.39 is 0 Å². The molecule has 0 unspecified atom stereocenters. The Labute approximate surface area is 60.3 Å². The number of hydrogen-bond donors (Lipinski definition) is 1. The molecule has 0 rings (SSSR count). The van der Waals surface area contributed by atoms with Crippen molar-refractivity contribution in [3.8, 4) is 0 Å². The summed E-state index contributed by atoms with van der Waals surface area (Å²) in [6.07, 6.45) is 1.28. The molecule has 0 saturated heterocycles. The van der Waals surface area contributed by atoms with Crippen molar-refractivity contribution in [2.45, 2.75) is 0 Å². The third-order valence-electron chi connectivity index (χ3n) is 0.622. The first-order chi connectivity index (χ1) is 3.81. The summed E-state index contributed by atoms with van der Waals surface area (Å²) in [4.78, 5) is 0. The summed E-state index contributed by atoms with van der Waals surface area (Å²) >= 11 is 0. The lowest BCUT2D eigenvalue weighted by molar-refractivity contribution is 0.206. The molecule has 0 aliphatic rings. The Balaban J connectivity index is 0. The minimum Gasteiger partial charge on any atom is -0.378 e. The Morgan fingerprint density at radius 3 is 2.67 bits per heavy atom. The van der Waals surface area contributed by atoms with Gasteiger partial charge in [0.2, 0.25) is 0 Å². The van der Waals surface area contributed by atoms with E-state index in [1.165, 1.54) is 13.2 Å². The van der Waals surface area contributed by atoms with Gasteiger partial charge in [0.15, 0.2) is 0 Å². The molecule has 0 aromatic heterocycles. The summed E-state index contributed by atoms with van der Waals surface area (Å²) in [5.74, 6) is -0.310. The minimum atomic E-state index is -0.310. The van der Waals surface area contributed by atoms with Gasteiger partial charge in [0.1, 0.15) is 5.83 Å². The zero-order valence-electron chi connectivity index (χ0n) is 5.26. The molecule has 0 atom stereocenters. The fraction of sp³-hybridized carbons (Fsp3) is 0.600. The molecular weight excluding hydrogens is 145 g/mol. The van der Waals surface area contributed by atoms with Crippen molar-refractivity contribution in [3.63, 3.8) is 0 Å². The molecule has 0 fully saturated rings. The van der Waals surface area contributed by atoms with Gasteiger partial charge < -0.3 is 10.5 Å². The SMILES string of the molecule is COC/C(F)=C\CN.Cl. The van der Waals surface area contributed by atoms with Crippen molar-refractivity contribution in [1.82, 2.24) is 0 Å². The second-order valence-electron chi connectivity index (χ2n) is 1.32. The third-order valence-corrected chi connectivity index (χ3v) is 0.622. The van der Waals surface area contributed by atoms with E-state index in [9.17, 15) is 4.39 Å². The van der Waals surface area contributed by atoms with Gasteiger partial charge in [-0.2, -0.15) is 0 Å². The summed E-state index contributed by atoms with van der Waals surface area (Å²) in [5, 5.41) is 0. The van der Waals surface area contributed by atoms with Crippen molar-refractivity contribution in [3.05, 3.63) is 11.9 Å². The Hall–Kier alpha value is -0.120. The van der Waals surface area contributed by atoms with Gasteiger partial charge in [0.25, 0.3) is 0 Å². The Kier molecular flexibility index (Phi) is 10.2. The molecule has 0 saturated carbocycles. The van der Waals surface area contributed by atoms with Crippen molar-refractivity contribution in [2.24, 2.45) is 5.73 Å². The molecule has 0 amide bonds. The first kappa shape index (κ1) is 11.6. The van der Waals surface area contributed by atoms with Crippen LogP contribution in [0.3, 0.4) is 0 Å². The predicted molar refractivity (Wildman–Crippen MR) is 37.4 cm³/mol. The van der Waals surface area contributed by atoms with Gasteiger partial charge in [-0.1, -0.05) is 0 Å². The molecule has 4 heteroatoms. The molecule has 2 N–H and O–H groups in total. The highest BCUT2D eigenvalue weighted by Crippen LogP contribution is 1.92. The van der Waals surface area contributed by atoms with Crippen molar-refractivity contribution < 1.29 is 9.13 Å². The molecule has 0 aliphatic carbocycles. The monoisotopic (exact) mass is 155 g/mol. The van der Waals surface area contributed by atoms with E-state index in [4.69, 9.17) is 5.73 Å². The number of hydrogen-bond acceptors (Lipinski definition) is 2. The zero-order valence-corrected chi connectivity index (χ0v) is 6.08. The number of nitrogens with two attached hydrogens (primary N) is 1. The number of halogens is 2. The molecule has 0 aliphatic heterocycles. The van der Waals surface area contributed by atoms with Crippen LogP contribution >= 0.6 is 12.4 Å². The van der Waals surface area contributed by atoms with Gasteiger partial charge >= 0.3 is 0 Å². The van der Waals surface area contributed by atoms with Crippen LogP contribution in [0.2, 0.25) is 0 Å². The van der Waals surface area contributed by atoms with Crippen LogP contribution in [0, 0.1) is 0 Å². The molecule has 9 heavy (non-hydrogen) atoms. The fourth-order valence-electron chi connectivity index (χ4n) is 0.325. The highest BCUT2D eigenvalue weighted by Gasteiger charge is 1.87. The molecule has 0 radical (unpaired) electrons. The average Bonchev–Trinajstić information content (AvgIpc) is 1.68. The van der Waals surface area contributed by atoms with Crippen LogP contribution < -0.4 is 5.73 Å². The normalized spacial score (nSPS) is 10.8. The second kappa shape index (κ2) is 7.88. The third kappa shape index (κ3) is 7.88. The highest BCUT2D eigenvalue weighted by molar-refractivity contribution is 5.85. The van der Waals surface area contributed by atoms with Crippen molar-refractivity contribution in [1.29, 1.82) is 0 Å². The van der Waals surface area contributed by atoms with Crippen molar-refractivity contribution >= 4 is 12.4 Å². The molecule has 0 bridgehead atoms.